The molecular formula is C12H13NO2. The van der Waals surface area contributed by atoms with E-state index >= 15 is 0 Å². The van der Waals surface area contributed by atoms with E-state index in [1.165, 1.54) is 17.3 Å². The van der Waals surface area contributed by atoms with Gasteiger partial charge in [0.2, 0.25) is 0 Å². The first-order chi connectivity index (χ1) is 7.18. The molecule has 0 radical (unpaired) electrons. The molecule has 1 atom stereocenters. The first-order valence-corrected chi connectivity index (χ1v) is 4.89. The number of carboxylic acid groups (broad SMARTS) is 1. The Kier molecular flexibility index (Phi) is 2.46. The Balaban J connectivity index is 2.28. The molecule has 0 aromatic heterocycles. The lowest BCUT2D eigenvalue weighted by molar-refractivity contribution is -0.131. The molecule has 0 aliphatic carbocycles. The number of rotatable bonds is 2. The van der Waals surface area contributed by atoms with Gasteiger partial charge in [0.1, 0.15) is 0 Å². The third-order valence-corrected chi connectivity index (χ3v) is 2.69. The van der Waals surface area contributed by atoms with Gasteiger partial charge in [0.05, 0.1) is 0 Å². The smallest absolute Gasteiger partial charge is 0.327 e. The lowest BCUT2D eigenvalue weighted by Crippen LogP contribution is -2.14. The fraction of sp³-hybridized carbons (Fsp3) is 0.250. The summed E-state index contributed by atoms with van der Waals surface area (Å²) in [5, 5.41) is 8.59. The summed E-state index contributed by atoms with van der Waals surface area (Å²) in [6, 6.07) is 8.10. The van der Waals surface area contributed by atoms with Crippen molar-refractivity contribution in [2.75, 3.05) is 18.5 Å². The van der Waals surface area contributed by atoms with Gasteiger partial charge >= 0.3 is 5.97 Å². The van der Waals surface area contributed by atoms with E-state index in [1.54, 1.807) is 6.08 Å². The van der Waals surface area contributed by atoms with Crippen LogP contribution in [0.25, 0.3) is 0 Å². The van der Waals surface area contributed by atoms with Gasteiger partial charge in [0.25, 0.3) is 0 Å². The molecule has 15 heavy (non-hydrogen) atoms. The summed E-state index contributed by atoms with van der Waals surface area (Å²) in [4.78, 5) is 12.6. The van der Waals surface area contributed by atoms with E-state index in [0.717, 1.165) is 6.54 Å². The predicted octanol–water partition coefficient (Wildman–Crippen LogP) is 1.86. The Labute approximate surface area is 88.6 Å². The Bertz CT molecular complexity index is 412. The van der Waals surface area contributed by atoms with Gasteiger partial charge < -0.3 is 10.0 Å². The van der Waals surface area contributed by atoms with Gasteiger partial charge in [-0.15, -0.1) is 0 Å². The molecule has 1 N–H and O–H groups in total. The number of hydrogen-bond acceptors (Lipinski definition) is 2. The van der Waals surface area contributed by atoms with Gasteiger partial charge in [0, 0.05) is 31.3 Å². The summed E-state index contributed by atoms with van der Waals surface area (Å²) in [7, 11) is 2.02. The molecule has 1 aromatic rings. The molecule has 0 spiro atoms. The van der Waals surface area contributed by atoms with Crippen molar-refractivity contribution in [3.63, 3.8) is 0 Å². The van der Waals surface area contributed by atoms with Crippen LogP contribution in [0.3, 0.4) is 0 Å². The van der Waals surface area contributed by atoms with Crippen molar-refractivity contribution in [2.45, 2.75) is 5.92 Å². The summed E-state index contributed by atoms with van der Waals surface area (Å²) in [6.07, 6.45) is 2.98. The molecule has 0 amide bonds. The quantitative estimate of drug-likeness (QED) is 0.746. The number of para-hydroxylation sites is 1. The summed E-state index contributed by atoms with van der Waals surface area (Å²) < 4.78 is 0. The van der Waals surface area contributed by atoms with E-state index in [0.29, 0.717) is 0 Å². The van der Waals surface area contributed by atoms with E-state index in [2.05, 4.69) is 17.0 Å². The highest BCUT2D eigenvalue weighted by molar-refractivity contribution is 5.80. The summed E-state index contributed by atoms with van der Waals surface area (Å²) in [6.45, 7) is 0.850. The van der Waals surface area contributed by atoms with E-state index in [9.17, 15) is 4.79 Å². The largest absolute Gasteiger partial charge is 0.478 e. The van der Waals surface area contributed by atoms with Crippen LogP contribution in [0.4, 0.5) is 5.69 Å². The lowest BCUT2D eigenvalue weighted by Gasteiger charge is -2.10. The number of aliphatic carboxylic acids is 1. The van der Waals surface area contributed by atoms with E-state index in [4.69, 9.17) is 5.11 Å². The molecule has 3 nitrogen and oxygen atoms in total. The molecular weight excluding hydrogens is 190 g/mol. The number of likely N-dealkylation sites (N-methyl/N-ethyl adjacent to an activating group) is 1. The first kappa shape index (κ1) is 9.77. The van der Waals surface area contributed by atoms with Crippen LogP contribution in [0.15, 0.2) is 36.4 Å². The van der Waals surface area contributed by atoms with Gasteiger partial charge in [-0.3, -0.25) is 0 Å². The van der Waals surface area contributed by atoms with E-state index in [1.807, 2.05) is 19.2 Å². The van der Waals surface area contributed by atoms with Crippen LogP contribution in [0, 0.1) is 0 Å². The molecule has 0 bridgehead atoms. The third kappa shape index (κ3) is 1.86. The van der Waals surface area contributed by atoms with Crippen molar-refractivity contribution < 1.29 is 9.90 Å². The van der Waals surface area contributed by atoms with Crippen molar-refractivity contribution >= 4 is 11.7 Å². The highest BCUT2D eigenvalue weighted by Gasteiger charge is 2.23. The van der Waals surface area contributed by atoms with E-state index in [-0.39, 0.29) is 5.92 Å². The number of fused-ring (bicyclic) bond motifs is 1. The molecule has 0 fully saturated rings. The Hall–Kier alpha value is -1.77. The highest BCUT2D eigenvalue weighted by atomic mass is 16.4. The van der Waals surface area contributed by atoms with Crippen LogP contribution in [0.5, 0.6) is 0 Å². The average Bonchev–Trinajstić information content (AvgIpc) is 2.54. The van der Waals surface area contributed by atoms with E-state index < -0.39 is 5.97 Å². The highest BCUT2D eigenvalue weighted by Crippen LogP contribution is 2.35. The van der Waals surface area contributed by atoms with Crippen molar-refractivity contribution in [2.24, 2.45) is 0 Å². The van der Waals surface area contributed by atoms with Crippen molar-refractivity contribution in [3.8, 4) is 0 Å². The van der Waals surface area contributed by atoms with Gasteiger partial charge in [-0.25, -0.2) is 4.79 Å². The van der Waals surface area contributed by atoms with Crippen molar-refractivity contribution in [1.29, 1.82) is 0 Å². The van der Waals surface area contributed by atoms with Gasteiger partial charge in [-0.2, -0.15) is 0 Å². The molecule has 1 aliphatic rings. The SMILES string of the molecule is CN1CC(/C=C/C(=O)O)c2ccccc21. The zero-order valence-electron chi connectivity index (χ0n) is 8.55. The predicted molar refractivity (Wildman–Crippen MR) is 59.2 cm³/mol. The fourth-order valence-electron chi connectivity index (χ4n) is 2.00. The van der Waals surface area contributed by atoms with Crippen LogP contribution < -0.4 is 4.90 Å². The molecule has 0 saturated heterocycles. The van der Waals surface area contributed by atoms with Crippen LogP contribution in [-0.2, 0) is 4.79 Å². The van der Waals surface area contributed by atoms with Gasteiger partial charge in [-0.05, 0) is 11.6 Å². The number of nitrogens with zero attached hydrogens (tertiary/aromatic N) is 1. The van der Waals surface area contributed by atoms with Crippen molar-refractivity contribution in [3.05, 3.63) is 42.0 Å². The van der Waals surface area contributed by atoms with Crippen LogP contribution in [0.1, 0.15) is 11.5 Å². The standard InChI is InChI=1S/C12H13NO2/c1-13-8-9(6-7-12(14)15)10-4-2-3-5-11(10)13/h2-7,9H,8H2,1H3,(H,14,15)/b7-6+. The molecule has 1 heterocycles. The monoisotopic (exact) mass is 203 g/mol. The molecule has 3 heteroatoms. The molecule has 0 saturated carbocycles. The number of carbonyl (C=O) groups is 1. The zero-order valence-corrected chi connectivity index (χ0v) is 8.55. The van der Waals surface area contributed by atoms with Crippen molar-refractivity contribution in [1.82, 2.24) is 0 Å². The second-order valence-electron chi connectivity index (χ2n) is 3.74. The maximum absolute atomic E-state index is 10.4. The Morgan fingerprint density at radius 3 is 3.00 bits per heavy atom. The lowest BCUT2D eigenvalue weighted by atomic mass is 10.0. The fourth-order valence-corrected chi connectivity index (χ4v) is 2.00. The maximum Gasteiger partial charge on any atom is 0.327 e. The second-order valence-corrected chi connectivity index (χ2v) is 3.74. The molecule has 78 valence electrons. The average molecular weight is 203 g/mol. The summed E-state index contributed by atoms with van der Waals surface area (Å²) in [5.41, 5.74) is 2.40. The molecule has 1 unspecified atom stereocenters. The molecule has 1 aromatic carbocycles. The molecule has 2 rings (SSSR count). The number of anilines is 1. The second kappa shape index (κ2) is 3.77. The van der Waals surface area contributed by atoms with Gasteiger partial charge in [0.15, 0.2) is 0 Å². The van der Waals surface area contributed by atoms with Crippen LogP contribution >= 0.6 is 0 Å². The van der Waals surface area contributed by atoms with Crippen LogP contribution in [0.2, 0.25) is 0 Å². The normalized spacial score (nSPS) is 19.5. The summed E-state index contributed by atoms with van der Waals surface area (Å²) in [5.74, 6) is -0.690. The first-order valence-electron chi connectivity index (χ1n) is 4.89. The number of benzene rings is 1. The maximum atomic E-state index is 10.4. The minimum absolute atomic E-state index is 0.197. The minimum atomic E-state index is -0.887. The molecule has 1 aliphatic heterocycles. The topological polar surface area (TPSA) is 40.5 Å². The summed E-state index contributed by atoms with van der Waals surface area (Å²) >= 11 is 0. The zero-order chi connectivity index (χ0) is 10.8. The Morgan fingerprint density at radius 2 is 2.27 bits per heavy atom. The third-order valence-electron chi connectivity index (χ3n) is 2.69. The Morgan fingerprint density at radius 1 is 1.53 bits per heavy atom. The number of hydrogen-bond donors (Lipinski definition) is 1. The van der Waals surface area contributed by atoms with Gasteiger partial charge in [-0.1, -0.05) is 24.3 Å². The number of carboxylic acids is 1. The minimum Gasteiger partial charge on any atom is -0.478 e. The van der Waals surface area contributed by atoms with Crippen LogP contribution in [-0.4, -0.2) is 24.7 Å².